The number of aromatic nitrogens is 1. The zero-order valence-corrected chi connectivity index (χ0v) is 12.3. The number of benzene rings is 1. The quantitative estimate of drug-likeness (QED) is 0.758. The van der Waals surface area contributed by atoms with Crippen molar-refractivity contribution >= 4 is 5.52 Å². The molecule has 0 atom stereocenters. The molecule has 0 aliphatic carbocycles. The standard InChI is InChI=1S/C18H20N2/c1-13-7-8-14(2)15(10-13)17-12-20-9-5-4-6-18(20)16(17)11-19-3/h4-10,12,19H,11H2,1-3H3. The van der Waals surface area contributed by atoms with E-state index in [0.29, 0.717) is 0 Å². The molecule has 0 spiro atoms. The highest BCUT2D eigenvalue weighted by Gasteiger charge is 2.13. The summed E-state index contributed by atoms with van der Waals surface area (Å²) in [5.41, 5.74) is 7.92. The lowest BCUT2D eigenvalue weighted by Gasteiger charge is -2.09. The Morgan fingerprint density at radius 1 is 1.05 bits per heavy atom. The summed E-state index contributed by atoms with van der Waals surface area (Å²) in [7, 11) is 2.00. The van der Waals surface area contributed by atoms with E-state index in [1.54, 1.807) is 0 Å². The number of aryl methyl sites for hydroxylation is 2. The number of fused-ring (bicyclic) bond motifs is 1. The molecule has 2 heterocycles. The molecule has 20 heavy (non-hydrogen) atoms. The van der Waals surface area contributed by atoms with Crippen LogP contribution in [0.4, 0.5) is 0 Å². The van der Waals surface area contributed by atoms with E-state index < -0.39 is 0 Å². The molecule has 0 aliphatic rings. The fraction of sp³-hybridized carbons (Fsp3) is 0.222. The fourth-order valence-corrected chi connectivity index (χ4v) is 2.80. The van der Waals surface area contributed by atoms with Crippen molar-refractivity contribution in [2.24, 2.45) is 0 Å². The third kappa shape index (κ3) is 2.12. The average molecular weight is 264 g/mol. The monoisotopic (exact) mass is 264 g/mol. The highest BCUT2D eigenvalue weighted by Crippen LogP contribution is 2.31. The van der Waals surface area contributed by atoms with E-state index in [0.717, 1.165) is 6.54 Å². The van der Waals surface area contributed by atoms with Crippen molar-refractivity contribution in [3.8, 4) is 11.1 Å². The Balaban J connectivity index is 2.29. The van der Waals surface area contributed by atoms with Gasteiger partial charge in [0.1, 0.15) is 0 Å². The molecule has 0 unspecified atom stereocenters. The minimum atomic E-state index is 0.878. The number of hydrogen-bond acceptors (Lipinski definition) is 1. The van der Waals surface area contributed by atoms with Gasteiger partial charge in [0, 0.05) is 24.5 Å². The number of pyridine rings is 1. The Bertz CT molecular complexity index is 753. The number of nitrogens with one attached hydrogen (secondary N) is 1. The van der Waals surface area contributed by atoms with Gasteiger partial charge in [-0.15, -0.1) is 0 Å². The largest absolute Gasteiger partial charge is 0.323 e. The Morgan fingerprint density at radius 3 is 2.70 bits per heavy atom. The molecule has 2 aromatic heterocycles. The number of nitrogens with zero attached hydrogens (tertiary/aromatic N) is 1. The van der Waals surface area contributed by atoms with Crippen LogP contribution in [0.1, 0.15) is 16.7 Å². The molecule has 2 heteroatoms. The highest BCUT2D eigenvalue weighted by atomic mass is 14.9. The molecule has 0 radical (unpaired) electrons. The van der Waals surface area contributed by atoms with Crippen LogP contribution in [0.2, 0.25) is 0 Å². The summed E-state index contributed by atoms with van der Waals surface area (Å²) in [6.45, 7) is 5.21. The first-order valence-electron chi connectivity index (χ1n) is 7.01. The van der Waals surface area contributed by atoms with Gasteiger partial charge in [0.25, 0.3) is 0 Å². The normalized spacial score (nSPS) is 11.2. The Labute approximate surface area is 120 Å². The maximum Gasteiger partial charge on any atom is 0.0501 e. The molecule has 0 saturated carbocycles. The first kappa shape index (κ1) is 12.9. The van der Waals surface area contributed by atoms with Crippen LogP contribution in [-0.4, -0.2) is 11.4 Å². The maximum absolute atomic E-state index is 3.29. The fourth-order valence-electron chi connectivity index (χ4n) is 2.80. The first-order valence-corrected chi connectivity index (χ1v) is 7.01. The topological polar surface area (TPSA) is 16.4 Å². The molecule has 3 rings (SSSR count). The van der Waals surface area contributed by atoms with Gasteiger partial charge in [-0.3, -0.25) is 0 Å². The molecular weight excluding hydrogens is 244 g/mol. The van der Waals surface area contributed by atoms with Crippen molar-refractivity contribution in [2.45, 2.75) is 20.4 Å². The molecule has 2 nitrogen and oxygen atoms in total. The van der Waals surface area contributed by atoms with Crippen LogP contribution >= 0.6 is 0 Å². The van der Waals surface area contributed by atoms with Crippen LogP contribution < -0.4 is 5.32 Å². The van der Waals surface area contributed by atoms with E-state index in [2.05, 4.69) is 72.4 Å². The van der Waals surface area contributed by atoms with Crippen LogP contribution in [0.25, 0.3) is 16.6 Å². The van der Waals surface area contributed by atoms with Gasteiger partial charge in [0.2, 0.25) is 0 Å². The predicted molar refractivity (Wildman–Crippen MR) is 85.1 cm³/mol. The number of hydrogen-bond donors (Lipinski definition) is 1. The third-order valence-corrected chi connectivity index (χ3v) is 3.83. The molecule has 102 valence electrons. The third-order valence-electron chi connectivity index (χ3n) is 3.83. The van der Waals surface area contributed by atoms with Gasteiger partial charge in [-0.1, -0.05) is 29.8 Å². The second kappa shape index (κ2) is 5.14. The zero-order valence-electron chi connectivity index (χ0n) is 12.3. The Kier molecular flexibility index (Phi) is 3.33. The van der Waals surface area contributed by atoms with E-state index >= 15 is 0 Å². The lowest BCUT2D eigenvalue weighted by Crippen LogP contribution is -2.05. The van der Waals surface area contributed by atoms with E-state index in [4.69, 9.17) is 0 Å². The molecule has 1 aromatic carbocycles. The molecular formula is C18H20N2. The summed E-state index contributed by atoms with van der Waals surface area (Å²) >= 11 is 0. The highest BCUT2D eigenvalue weighted by molar-refractivity contribution is 5.78. The van der Waals surface area contributed by atoms with Crippen molar-refractivity contribution in [3.63, 3.8) is 0 Å². The minimum Gasteiger partial charge on any atom is -0.323 e. The molecule has 1 N–H and O–H groups in total. The maximum atomic E-state index is 3.29. The predicted octanol–water partition coefficient (Wildman–Crippen LogP) is 3.94. The zero-order chi connectivity index (χ0) is 14.1. The molecule has 0 fully saturated rings. The molecule has 3 aromatic rings. The van der Waals surface area contributed by atoms with Crippen molar-refractivity contribution in [2.75, 3.05) is 7.05 Å². The van der Waals surface area contributed by atoms with Crippen molar-refractivity contribution in [1.29, 1.82) is 0 Å². The van der Waals surface area contributed by atoms with Crippen LogP contribution in [0, 0.1) is 13.8 Å². The smallest absolute Gasteiger partial charge is 0.0501 e. The van der Waals surface area contributed by atoms with Gasteiger partial charge in [-0.25, -0.2) is 0 Å². The Hall–Kier alpha value is -2.06. The van der Waals surface area contributed by atoms with Crippen LogP contribution in [0.5, 0.6) is 0 Å². The first-order chi connectivity index (χ1) is 9.70. The van der Waals surface area contributed by atoms with Crippen molar-refractivity contribution < 1.29 is 0 Å². The van der Waals surface area contributed by atoms with E-state index in [-0.39, 0.29) is 0 Å². The van der Waals surface area contributed by atoms with Gasteiger partial charge >= 0.3 is 0 Å². The SMILES string of the molecule is CNCc1c(-c2cc(C)ccc2C)cn2ccccc12. The molecule has 0 aliphatic heterocycles. The van der Waals surface area contributed by atoms with Crippen LogP contribution in [-0.2, 0) is 6.54 Å². The summed E-state index contributed by atoms with van der Waals surface area (Å²) < 4.78 is 2.21. The Morgan fingerprint density at radius 2 is 1.90 bits per heavy atom. The van der Waals surface area contributed by atoms with Crippen LogP contribution in [0.3, 0.4) is 0 Å². The van der Waals surface area contributed by atoms with Gasteiger partial charge in [0.05, 0.1) is 5.52 Å². The molecule has 0 bridgehead atoms. The lowest BCUT2D eigenvalue weighted by atomic mass is 9.97. The van der Waals surface area contributed by atoms with Gasteiger partial charge in [0.15, 0.2) is 0 Å². The van der Waals surface area contributed by atoms with Crippen molar-refractivity contribution in [1.82, 2.24) is 9.72 Å². The van der Waals surface area contributed by atoms with Gasteiger partial charge in [-0.2, -0.15) is 0 Å². The second-order valence-electron chi connectivity index (χ2n) is 5.36. The second-order valence-corrected chi connectivity index (χ2v) is 5.36. The van der Waals surface area contributed by atoms with Gasteiger partial charge < -0.3 is 9.72 Å². The molecule has 0 amide bonds. The summed E-state index contributed by atoms with van der Waals surface area (Å²) in [6, 6.07) is 13.0. The summed E-state index contributed by atoms with van der Waals surface area (Å²) in [5.74, 6) is 0. The van der Waals surface area contributed by atoms with Crippen molar-refractivity contribution in [3.05, 3.63) is 65.5 Å². The minimum absolute atomic E-state index is 0.878. The lowest BCUT2D eigenvalue weighted by molar-refractivity contribution is 0.825. The number of rotatable bonds is 3. The van der Waals surface area contributed by atoms with Crippen LogP contribution in [0.15, 0.2) is 48.8 Å². The summed E-state index contributed by atoms with van der Waals surface area (Å²) in [4.78, 5) is 0. The average Bonchev–Trinajstić information content (AvgIpc) is 2.81. The van der Waals surface area contributed by atoms with E-state index in [1.807, 2.05) is 7.05 Å². The summed E-state index contributed by atoms with van der Waals surface area (Å²) in [6.07, 6.45) is 4.35. The van der Waals surface area contributed by atoms with Gasteiger partial charge in [-0.05, 0) is 49.7 Å². The summed E-state index contributed by atoms with van der Waals surface area (Å²) in [5, 5.41) is 3.29. The van der Waals surface area contributed by atoms with E-state index in [9.17, 15) is 0 Å². The van der Waals surface area contributed by atoms with E-state index in [1.165, 1.54) is 33.3 Å². The molecule has 0 saturated heterocycles.